The fourth-order valence-electron chi connectivity index (χ4n) is 1.82. The topological polar surface area (TPSA) is 58.6 Å². The molecule has 1 aliphatic rings. The van der Waals surface area contributed by atoms with Crippen LogP contribution in [0.5, 0.6) is 0 Å². The molecule has 0 bridgehead atoms. The predicted molar refractivity (Wildman–Crippen MR) is 61.3 cm³/mol. The van der Waals surface area contributed by atoms with Crippen LogP contribution in [-0.4, -0.2) is 37.1 Å². The first-order valence-electron chi connectivity index (χ1n) is 5.38. The Bertz CT molecular complexity index is 419. The monoisotopic (exact) mass is 236 g/mol. The predicted octanol–water partition coefficient (Wildman–Crippen LogP) is 0.926. The van der Waals surface area contributed by atoms with Crippen molar-refractivity contribution in [2.24, 2.45) is 0 Å². The lowest BCUT2D eigenvalue weighted by molar-refractivity contribution is -0.141. The summed E-state index contributed by atoms with van der Waals surface area (Å²) in [6.07, 6.45) is 0. The molecule has 17 heavy (non-hydrogen) atoms. The number of nitrogens with zero attached hydrogens (tertiary/aromatic N) is 1. The van der Waals surface area contributed by atoms with E-state index in [9.17, 15) is 9.59 Å². The highest BCUT2D eigenvalue weighted by Gasteiger charge is 2.30. The third kappa shape index (κ3) is 2.55. The zero-order valence-electron chi connectivity index (χ0n) is 9.55. The second kappa shape index (κ2) is 4.86. The van der Waals surface area contributed by atoms with Gasteiger partial charge >= 0.3 is 12.0 Å². The van der Waals surface area contributed by atoms with Gasteiger partial charge in [0, 0.05) is 6.54 Å². The highest BCUT2D eigenvalue weighted by Crippen LogP contribution is 2.19. The quantitative estimate of drug-likeness (QED) is 0.794. The van der Waals surface area contributed by atoms with E-state index in [1.54, 1.807) is 0 Å². The van der Waals surface area contributed by atoms with Crippen LogP contribution in [0.1, 0.15) is 11.6 Å². The minimum Gasteiger partial charge on any atom is -0.468 e. The number of carbonyl (C=O) groups excluding carboxylic acids is 2. The van der Waals surface area contributed by atoms with Crippen molar-refractivity contribution in [3.63, 3.8) is 0 Å². The van der Waals surface area contributed by atoms with Gasteiger partial charge in [0.25, 0.3) is 0 Å². The van der Waals surface area contributed by atoms with Crippen molar-refractivity contribution in [1.29, 1.82) is 0 Å². The number of nitrogens with one attached hydrogen (secondary N) is 1. The van der Waals surface area contributed by atoms with Gasteiger partial charge in [0.05, 0.1) is 13.2 Å². The Morgan fingerprint density at radius 3 is 2.88 bits per heavy atom. The molecule has 1 unspecified atom stereocenters. The number of esters is 1. The fourth-order valence-corrected chi connectivity index (χ4v) is 1.82. The van der Waals surface area contributed by atoms with Crippen molar-refractivity contribution in [2.45, 2.75) is 6.04 Å². The molecule has 0 aromatic heterocycles. The van der Waals surface area contributed by atoms with E-state index in [4.69, 9.17) is 0 Å². The molecule has 0 saturated carbocycles. The molecule has 0 aliphatic carbocycles. The van der Waals surface area contributed by atoms with Crippen LogP contribution in [0.3, 0.4) is 0 Å². The standard InChI is InChI=1S/C12H14N2O3/c1-17-11(15)8-14-7-10(13-12(14)16)9-5-3-2-4-6-9/h2-6,10H,7-8H2,1H3,(H,13,16)/i12+2. The summed E-state index contributed by atoms with van der Waals surface area (Å²) in [5.74, 6) is -0.408. The third-order valence-electron chi connectivity index (χ3n) is 2.74. The Labute approximate surface area is 99.4 Å². The van der Waals surface area contributed by atoms with E-state index in [0.717, 1.165) is 5.56 Å². The van der Waals surface area contributed by atoms with E-state index in [1.807, 2.05) is 30.3 Å². The van der Waals surface area contributed by atoms with Crippen LogP contribution in [0.15, 0.2) is 30.3 Å². The lowest BCUT2D eigenvalue weighted by atomic mass is 10.1. The summed E-state index contributed by atoms with van der Waals surface area (Å²) >= 11 is 0. The van der Waals surface area contributed by atoms with Gasteiger partial charge in [-0.3, -0.25) is 4.79 Å². The SMILES string of the molecule is COC(=O)CN1CC(c2ccccc2)N[14C]1=O. The Balaban J connectivity index is 2.02. The average molecular weight is 236 g/mol. The summed E-state index contributed by atoms with van der Waals surface area (Å²) in [6, 6.07) is 9.37. The van der Waals surface area contributed by atoms with E-state index < -0.39 is 5.97 Å². The van der Waals surface area contributed by atoms with Crippen molar-refractivity contribution in [1.82, 2.24) is 10.2 Å². The van der Waals surface area contributed by atoms with Gasteiger partial charge in [0.15, 0.2) is 0 Å². The summed E-state index contributed by atoms with van der Waals surface area (Å²) in [5, 5.41) is 2.83. The first-order valence-corrected chi connectivity index (χ1v) is 5.38. The van der Waals surface area contributed by atoms with Gasteiger partial charge in [0.1, 0.15) is 6.54 Å². The molecule has 1 heterocycles. The number of carbonyl (C=O) groups is 2. The van der Waals surface area contributed by atoms with E-state index in [1.165, 1.54) is 12.0 Å². The zero-order chi connectivity index (χ0) is 12.3. The molecule has 1 N–H and O–H groups in total. The van der Waals surface area contributed by atoms with Gasteiger partial charge in [-0.2, -0.15) is 0 Å². The molecule has 1 aromatic carbocycles. The Morgan fingerprint density at radius 1 is 1.53 bits per heavy atom. The number of hydrogen-bond donors (Lipinski definition) is 1. The van der Waals surface area contributed by atoms with Crippen LogP contribution >= 0.6 is 0 Å². The summed E-state index contributed by atoms with van der Waals surface area (Å²) in [6.45, 7) is 0.476. The molecule has 90 valence electrons. The molecular formula is C12H14N2O3. The third-order valence-corrected chi connectivity index (χ3v) is 2.74. The normalized spacial score (nSPS) is 19.0. The van der Waals surface area contributed by atoms with Crippen LogP contribution < -0.4 is 5.32 Å². The molecule has 2 amide bonds. The molecule has 2 rings (SSSR count). The maximum atomic E-state index is 11.6. The maximum Gasteiger partial charge on any atom is 0.325 e. The molecule has 1 atom stereocenters. The molecule has 1 fully saturated rings. The minimum atomic E-state index is -0.408. The number of benzene rings is 1. The van der Waals surface area contributed by atoms with Crippen molar-refractivity contribution in [2.75, 3.05) is 20.2 Å². The van der Waals surface area contributed by atoms with E-state index in [2.05, 4.69) is 10.1 Å². The second-order valence-electron chi connectivity index (χ2n) is 3.87. The summed E-state index contributed by atoms with van der Waals surface area (Å²) in [7, 11) is 1.31. The van der Waals surface area contributed by atoms with Gasteiger partial charge in [-0.1, -0.05) is 30.3 Å². The number of urea groups is 1. The van der Waals surface area contributed by atoms with Gasteiger partial charge in [-0.25, -0.2) is 4.79 Å². The Kier molecular flexibility index (Phi) is 3.27. The molecule has 1 saturated heterocycles. The van der Waals surface area contributed by atoms with Gasteiger partial charge in [-0.15, -0.1) is 0 Å². The van der Waals surface area contributed by atoms with E-state index in [0.29, 0.717) is 6.54 Å². The van der Waals surface area contributed by atoms with Crippen molar-refractivity contribution < 1.29 is 14.3 Å². The van der Waals surface area contributed by atoms with Gasteiger partial charge in [-0.05, 0) is 5.56 Å². The summed E-state index contributed by atoms with van der Waals surface area (Å²) in [5.41, 5.74) is 1.04. The second-order valence-corrected chi connectivity index (χ2v) is 3.87. The first-order chi connectivity index (χ1) is 8.20. The Hall–Kier alpha value is -2.04. The van der Waals surface area contributed by atoms with E-state index >= 15 is 0 Å². The highest BCUT2D eigenvalue weighted by molar-refractivity contribution is 5.82. The largest absolute Gasteiger partial charge is 0.468 e. The fraction of sp³-hybridized carbons (Fsp3) is 0.333. The van der Waals surface area contributed by atoms with Crippen LogP contribution in [0.25, 0.3) is 0 Å². The van der Waals surface area contributed by atoms with E-state index in [-0.39, 0.29) is 18.6 Å². The lowest BCUT2D eigenvalue weighted by Gasteiger charge is -2.12. The minimum absolute atomic E-state index is 0.00827. The van der Waals surface area contributed by atoms with Crippen LogP contribution in [0, 0.1) is 0 Å². The molecular weight excluding hydrogens is 222 g/mol. The van der Waals surface area contributed by atoms with Crippen LogP contribution in [0.2, 0.25) is 0 Å². The molecule has 0 radical (unpaired) electrons. The van der Waals surface area contributed by atoms with Gasteiger partial charge in [0.2, 0.25) is 0 Å². The molecule has 1 aromatic rings. The summed E-state index contributed by atoms with van der Waals surface area (Å²) in [4.78, 5) is 24.2. The summed E-state index contributed by atoms with van der Waals surface area (Å²) < 4.78 is 4.54. The van der Waals surface area contributed by atoms with Crippen LogP contribution in [-0.2, 0) is 9.53 Å². The molecule has 5 heteroatoms. The lowest BCUT2D eigenvalue weighted by Crippen LogP contribution is -2.33. The van der Waals surface area contributed by atoms with Gasteiger partial charge < -0.3 is 15.0 Å². The number of methoxy groups -OCH3 is 1. The average Bonchev–Trinajstić information content (AvgIpc) is 2.72. The Morgan fingerprint density at radius 2 is 2.24 bits per heavy atom. The van der Waals surface area contributed by atoms with Crippen molar-refractivity contribution in [3.8, 4) is 0 Å². The molecule has 0 spiro atoms. The molecule has 1 aliphatic heterocycles. The number of ether oxygens (including phenoxy) is 1. The van der Waals surface area contributed by atoms with Crippen LogP contribution in [0.4, 0.5) is 4.79 Å². The smallest absolute Gasteiger partial charge is 0.325 e. The highest BCUT2D eigenvalue weighted by atomic mass is 16.5. The number of rotatable bonds is 3. The van der Waals surface area contributed by atoms with Crippen molar-refractivity contribution in [3.05, 3.63) is 35.9 Å². The maximum absolute atomic E-state index is 11.6. The molecule has 5 nitrogen and oxygen atoms in total. The van der Waals surface area contributed by atoms with Crippen molar-refractivity contribution >= 4 is 12.0 Å². The number of amides is 2. The first kappa shape index (κ1) is 11.4. The number of hydrogen-bond acceptors (Lipinski definition) is 3. The zero-order valence-corrected chi connectivity index (χ0v) is 9.55.